The number of hydrogen-bond donors (Lipinski definition) is 2. The maximum absolute atomic E-state index is 10.6. The Kier molecular flexibility index (Phi) is 2.21. The van der Waals surface area contributed by atoms with Gasteiger partial charge >= 0.3 is 5.97 Å². The first-order valence-corrected chi connectivity index (χ1v) is 4.31. The number of rotatable bonds is 2. The summed E-state index contributed by atoms with van der Waals surface area (Å²) in [5.41, 5.74) is 0.994. The summed E-state index contributed by atoms with van der Waals surface area (Å²) < 4.78 is 0. The highest BCUT2D eigenvalue weighted by Gasteiger charge is 2.07. The fourth-order valence-electron chi connectivity index (χ4n) is 1.39. The molecule has 0 aliphatic rings. The highest BCUT2D eigenvalue weighted by Crippen LogP contribution is 2.19. The Morgan fingerprint density at radius 2 is 2.13 bits per heavy atom. The number of phenolic OH excluding ortho intramolecular Hbond substituents is 1. The normalized spacial score (nSPS) is 10.4. The number of carbonyl (C=O) groups is 1. The minimum Gasteiger partial charge on any atom is -0.508 e. The van der Waals surface area contributed by atoms with Crippen molar-refractivity contribution in [2.75, 3.05) is 0 Å². The fraction of sp³-hybridized carbons (Fsp3) is 0.100. The Labute approximate surface area is 85.0 Å². The molecule has 0 unspecified atom stereocenters. The average molecular weight is 204 g/mol. The second kappa shape index (κ2) is 3.53. The van der Waals surface area contributed by atoms with Crippen LogP contribution in [0.25, 0.3) is 10.9 Å². The maximum atomic E-state index is 10.6. The van der Waals surface area contributed by atoms with Crippen molar-refractivity contribution in [2.45, 2.75) is 6.42 Å². The zero-order chi connectivity index (χ0) is 10.8. The first-order valence-electron chi connectivity index (χ1n) is 4.31. The van der Waals surface area contributed by atoms with Crippen LogP contribution in [0.1, 0.15) is 5.69 Å². The second-order valence-corrected chi connectivity index (χ2v) is 3.09. The standard InChI is InChI=1S/C10H8N2O3/c13-6-1-2-7-8(3-6)11-5-12-9(7)4-10(14)15/h1-3,5,13H,4H2,(H,14,15). The van der Waals surface area contributed by atoms with E-state index in [4.69, 9.17) is 5.11 Å². The molecular formula is C10H8N2O3. The van der Waals surface area contributed by atoms with Crippen LogP contribution in [0.2, 0.25) is 0 Å². The van der Waals surface area contributed by atoms with Crippen molar-refractivity contribution in [2.24, 2.45) is 0 Å². The van der Waals surface area contributed by atoms with Crippen LogP contribution < -0.4 is 0 Å². The summed E-state index contributed by atoms with van der Waals surface area (Å²) >= 11 is 0. The lowest BCUT2D eigenvalue weighted by Gasteiger charge is -2.02. The Morgan fingerprint density at radius 1 is 1.33 bits per heavy atom. The number of nitrogens with zero attached hydrogens (tertiary/aromatic N) is 2. The molecule has 15 heavy (non-hydrogen) atoms. The predicted octanol–water partition coefficient (Wildman–Crippen LogP) is 0.962. The summed E-state index contributed by atoms with van der Waals surface area (Å²) in [6, 6.07) is 4.57. The molecule has 76 valence electrons. The number of carboxylic acid groups (broad SMARTS) is 1. The lowest BCUT2D eigenvalue weighted by atomic mass is 10.1. The van der Waals surface area contributed by atoms with Gasteiger partial charge in [-0.05, 0) is 12.1 Å². The summed E-state index contributed by atoms with van der Waals surface area (Å²) in [6.07, 6.45) is 1.14. The van der Waals surface area contributed by atoms with Gasteiger partial charge in [-0.15, -0.1) is 0 Å². The van der Waals surface area contributed by atoms with Crippen molar-refractivity contribution >= 4 is 16.9 Å². The Balaban J connectivity index is 2.60. The molecule has 1 aromatic carbocycles. The van der Waals surface area contributed by atoms with Crippen molar-refractivity contribution in [3.8, 4) is 5.75 Å². The van der Waals surface area contributed by atoms with Crippen molar-refractivity contribution in [1.82, 2.24) is 9.97 Å². The Hall–Kier alpha value is -2.17. The molecule has 0 amide bonds. The van der Waals surface area contributed by atoms with Gasteiger partial charge in [-0.1, -0.05) is 0 Å². The van der Waals surface area contributed by atoms with Gasteiger partial charge in [0.25, 0.3) is 0 Å². The van der Waals surface area contributed by atoms with E-state index in [1.54, 1.807) is 6.07 Å². The van der Waals surface area contributed by atoms with Gasteiger partial charge in [0.15, 0.2) is 0 Å². The van der Waals surface area contributed by atoms with Crippen LogP contribution >= 0.6 is 0 Å². The largest absolute Gasteiger partial charge is 0.508 e. The zero-order valence-corrected chi connectivity index (χ0v) is 7.71. The quantitative estimate of drug-likeness (QED) is 0.761. The molecule has 0 atom stereocenters. The van der Waals surface area contributed by atoms with Crippen molar-refractivity contribution in [3.05, 3.63) is 30.2 Å². The highest BCUT2D eigenvalue weighted by molar-refractivity contribution is 5.85. The van der Waals surface area contributed by atoms with E-state index >= 15 is 0 Å². The summed E-state index contributed by atoms with van der Waals surface area (Å²) in [5.74, 6) is -0.842. The zero-order valence-electron chi connectivity index (χ0n) is 7.71. The number of aromatic hydroxyl groups is 1. The number of aromatic nitrogens is 2. The molecular weight excluding hydrogens is 196 g/mol. The molecule has 0 radical (unpaired) electrons. The number of fused-ring (bicyclic) bond motifs is 1. The third kappa shape index (κ3) is 1.85. The third-order valence-electron chi connectivity index (χ3n) is 2.02. The number of hydrogen-bond acceptors (Lipinski definition) is 4. The molecule has 0 spiro atoms. The van der Waals surface area contributed by atoms with Gasteiger partial charge < -0.3 is 10.2 Å². The van der Waals surface area contributed by atoms with E-state index in [-0.39, 0.29) is 12.2 Å². The van der Waals surface area contributed by atoms with Crippen LogP contribution in [0.5, 0.6) is 5.75 Å². The van der Waals surface area contributed by atoms with E-state index < -0.39 is 5.97 Å². The van der Waals surface area contributed by atoms with Crippen molar-refractivity contribution in [1.29, 1.82) is 0 Å². The number of phenols is 1. The summed E-state index contributed by atoms with van der Waals surface area (Å²) in [4.78, 5) is 18.4. The number of aliphatic carboxylic acids is 1. The molecule has 0 saturated heterocycles. The van der Waals surface area contributed by atoms with Crippen LogP contribution in [-0.4, -0.2) is 26.2 Å². The van der Waals surface area contributed by atoms with Crippen molar-refractivity contribution < 1.29 is 15.0 Å². The molecule has 2 rings (SSSR count). The first kappa shape index (κ1) is 9.39. The summed E-state index contributed by atoms with van der Waals surface area (Å²) in [5, 5.41) is 18.5. The molecule has 0 fully saturated rings. The lowest BCUT2D eigenvalue weighted by Crippen LogP contribution is -2.03. The summed E-state index contributed by atoms with van der Waals surface area (Å²) in [7, 11) is 0. The number of benzene rings is 1. The average Bonchev–Trinajstić information content (AvgIpc) is 2.16. The maximum Gasteiger partial charge on any atom is 0.309 e. The van der Waals surface area contributed by atoms with E-state index in [2.05, 4.69) is 9.97 Å². The molecule has 5 nitrogen and oxygen atoms in total. The van der Waals surface area contributed by atoms with E-state index in [9.17, 15) is 9.90 Å². The van der Waals surface area contributed by atoms with Gasteiger partial charge in [-0.2, -0.15) is 0 Å². The minimum atomic E-state index is -0.942. The smallest absolute Gasteiger partial charge is 0.309 e. The molecule has 0 bridgehead atoms. The third-order valence-corrected chi connectivity index (χ3v) is 2.02. The molecule has 5 heteroatoms. The van der Waals surface area contributed by atoms with E-state index in [1.165, 1.54) is 18.5 Å². The van der Waals surface area contributed by atoms with Gasteiger partial charge in [0.05, 0.1) is 17.6 Å². The lowest BCUT2D eigenvalue weighted by molar-refractivity contribution is -0.136. The fourth-order valence-corrected chi connectivity index (χ4v) is 1.39. The summed E-state index contributed by atoms with van der Waals surface area (Å²) in [6.45, 7) is 0. The van der Waals surface area contributed by atoms with Crippen LogP contribution in [-0.2, 0) is 11.2 Å². The molecule has 2 N–H and O–H groups in total. The Bertz CT molecular complexity index is 525. The van der Waals surface area contributed by atoms with Crippen LogP contribution in [0, 0.1) is 0 Å². The van der Waals surface area contributed by atoms with Crippen LogP contribution in [0.15, 0.2) is 24.5 Å². The molecule has 1 heterocycles. The predicted molar refractivity (Wildman–Crippen MR) is 52.5 cm³/mol. The van der Waals surface area contributed by atoms with E-state index in [0.717, 1.165) is 0 Å². The topological polar surface area (TPSA) is 83.3 Å². The molecule has 2 aromatic rings. The first-order chi connectivity index (χ1) is 7.16. The van der Waals surface area contributed by atoms with Gasteiger partial charge in [0, 0.05) is 11.5 Å². The molecule has 0 aliphatic heterocycles. The van der Waals surface area contributed by atoms with Gasteiger partial charge in [-0.3, -0.25) is 4.79 Å². The van der Waals surface area contributed by atoms with E-state index in [0.29, 0.717) is 16.6 Å². The molecule has 0 aliphatic carbocycles. The monoisotopic (exact) mass is 204 g/mol. The van der Waals surface area contributed by atoms with Gasteiger partial charge in [-0.25, -0.2) is 9.97 Å². The highest BCUT2D eigenvalue weighted by atomic mass is 16.4. The SMILES string of the molecule is O=C(O)Cc1ncnc2cc(O)ccc12. The molecule has 1 aromatic heterocycles. The minimum absolute atomic E-state index is 0.0995. The number of carboxylic acids is 1. The van der Waals surface area contributed by atoms with Crippen LogP contribution in [0.4, 0.5) is 0 Å². The molecule has 0 saturated carbocycles. The Morgan fingerprint density at radius 3 is 2.87 bits per heavy atom. The van der Waals surface area contributed by atoms with Gasteiger partial charge in [0.1, 0.15) is 12.1 Å². The van der Waals surface area contributed by atoms with Crippen molar-refractivity contribution in [3.63, 3.8) is 0 Å². The second-order valence-electron chi connectivity index (χ2n) is 3.09. The van der Waals surface area contributed by atoms with E-state index in [1.807, 2.05) is 0 Å². The van der Waals surface area contributed by atoms with Gasteiger partial charge in [0.2, 0.25) is 0 Å². The van der Waals surface area contributed by atoms with Crippen LogP contribution in [0.3, 0.4) is 0 Å².